The molecule has 5 aromatic carbocycles. The van der Waals surface area contributed by atoms with Crippen molar-refractivity contribution in [1.29, 1.82) is 0 Å². The van der Waals surface area contributed by atoms with E-state index in [2.05, 4.69) is 153 Å². The predicted molar refractivity (Wildman–Crippen MR) is 211 cm³/mol. The van der Waals surface area contributed by atoms with Gasteiger partial charge in [0.2, 0.25) is 0 Å². The van der Waals surface area contributed by atoms with Crippen LogP contribution in [0, 0.1) is 37.0 Å². The van der Waals surface area contributed by atoms with E-state index < -0.39 is 0 Å². The molecule has 1 unspecified atom stereocenters. The fourth-order valence-corrected chi connectivity index (χ4v) is 5.52. The number of allylic oxidation sites excluding steroid dienone is 4. The second-order valence-electron chi connectivity index (χ2n) is 12.2. The topological polar surface area (TPSA) is 0 Å². The van der Waals surface area contributed by atoms with E-state index in [1.807, 2.05) is 30.3 Å². The summed E-state index contributed by atoms with van der Waals surface area (Å²) in [4.78, 5) is 0. The Kier molecular flexibility index (Phi) is 19.5. The SMILES string of the molecule is CCCC1[C-]=CC(C(C)(C)C)=C1.Cl.Cl.[CH2]=[Zr].[CH3-].[c-]1c(-c2ccccc2)ccc2c1Cc1cc(-c3ccccc3)ccc1-2.[c-]1ccccc1. The van der Waals surface area contributed by atoms with Crippen LogP contribution in [-0.4, -0.2) is 4.21 Å². The Morgan fingerprint density at radius 1 is 0.729 bits per heavy atom. The number of fused-ring (bicyclic) bond motifs is 3. The van der Waals surface area contributed by atoms with Gasteiger partial charge in [-0.15, -0.1) is 54.1 Å². The molecule has 250 valence electrons. The van der Waals surface area contributed by atoms with Gasteiger partial charge in [0.25, 0.3) is 0 Å². The van der Waals surface area contributed by atoms with Crippen molar-refractivity contribution in [3.63, 3.8) is 0 Å². The largest absolute Gasteiger partial charge is 0.358 e. The van der Waals surface area contributed by atoms with Crippen LogP contribution in [0.5, 0.6) is 0 Å². The van der Waals surface area contributed by atoms with Gasteiger partial charge in [-0.25, -0.2) is 6.08 Å². The van der Waals surface area contributed by atoms with Crippen molar-refractivity contribution in [2.45, 2.75) is 47.0 Å². The number of halogens is 2. The van der Waals surface area contributed by atoms with E-state index in [0.717, 1.165) is 6.42 Å². The van der Waals surface area contributed by atoms with Gasteiger partial charge in [-0.1, -0.05) is 147 Å². The van der Waals surface area contributed by atoms with Crippen molar-refractivity contribution in [2.75, 3.05) is 0 Å². The van der Waals surface area contributed by atoms with Crippen molar-refractivity contribution in [1.82, 2.24) is 0 Å². The third-order valence-corrected chi connectivity index (χ3v) is 7.89. The Morgan fingerprint density at radius 3 is 1.83 bits per heavy atom. The van der Waals surface area contributed by atoms with Crippen molar-refractivity contribution >= 4 is 29.0 Å². The minimum absolute atomic E-state index is 0. The maximum Gasteiger partial charge on any atom is -0.0181 e. The molecule has 0 heterocycles. The van der Waals surface area contributed by atoms with Crippen LogP contribution in [0.15, 0.2) is 139 Å². The first kappa shape index (κ1) is 42.9. The summed E-state index contributed by atoms with van der Waals surface area (Å²) in [6, 6.07) is 48.5. The van der Waals surface area contributed by atoms with Crippen LogP contribution in [0.2, 0.25) is 0 Å². The summed E-state index contributed by atoms with van der Waals surface area (Å²) in [5.74, 6) is 0.587. The average Bonchev–Trinajstić information content (AvgIpc) is 3.72. The third kappa shape index (κ3) is 12.1. The smallest absolute Gasteiger partial charge is 0.0181 e. The molecule has 0 bridgehead atoms. The first-order valence-corrected chi connectivity index (χ1v) is 17.5. The number of hydrogen-bond acceptors (Lipinski definition) is 0. The minimum atomic E-state index is 0. The van der Waals surface area contributed by atoms with Crippen LogP contribution in [-0.2, 0) is 30.7 Å². The standard InChI is InChI=1S/C25H17.C12H19.C6H5.CH3.CH2.2ClH.Zr/c1-3-7-18(8-4-1)20-11-13-24-22(15-20)17-23-16-21(12-14-25(23)24)19-9-5-2-6-10-19;1-5-6-10-7-8-11(9-10)12(2,3)4;1-2-4-6-5-3-1;;;;;/h1-15H,17H2;8-10H,5-6H2,1-4H3;1-5H;1H3;1H2;2*1H;/q4*-1;;;;. The van der Waals surface area contributed by atoms with Gasteiger partial charge >= 0.3 is 28.4 Å². The van der Waals surface area contributed by atoms with Crippen LogP contribution in [0.1, 0.15) is 51.7 Å². The molecule has 0 nitrogen and oxygen atoms in total. The molecule has 5 aromatic rings. The van der Waals surface area contributed by atoms with E-state index in [1.165, 1.54) is 87.2 Å². The summed E-state index contributed by atoms with van der Waals surface area (Å²) in [5.41, 5.74) is 12.1. The van der Waals surface area contributed by atoms with Crippen molar-refractivity contribution in [2.24, 2.45) is 11.3 Å². The molecule has 7 rings (SSSR count). The van der Waals surface area contributed by atoms with Gasteiger partial charge in [0.05, 0.1) is 0 Å². The van der Waals surface area contributed by atoms with Gasteiger partial charge in [0.15, 0.2) is 0 Å². The molecule has 0 N–H and O–H groups in total. The second-order valence-corrected chi connectivity index (χ2v) is 12.2. The first-order valence-electron chi connectivity index (χ1n) is 15.8. The minimum Gasteiger partial charge on any atom is -0.358 e. The third-order valence-electron chi connectivity index (χ3n) is 7.89. The van der Waals surface area contributed by atoms with E-state index in [9.17, 15) is 0 Å². The number of benzene rings is 5. The molecule has 48 heavy (non-hydrogen) atoms. The number of hydrogen-bond donors (Lipinski definition) is 0. The molecule has 1 atom stereocenters. The fourth-order valence-electron chi connectivity index (χ4n) is 5.52. The zero-order valence-corrected chi connectivity index (χ0v) is 33.0. The van der Waals surface area contributed by atoms with Crippen LogP contribution < -0.4 is 0 Å². The molecule has 0 saturated carbocycles. The molecule has 0 radical (unpaired) electrons. The molecule has 3 heteroatoms. The van der Waals surface area contributed by atoms with Gasteiger partial charge in [0, 0.05) is 0 Å². The maximum absolute atomic E-state index is 3.65. The Bertz CT molecular complexity index is 1570. The molecule has 0 aliphatic heterocycles. The molecule has 0 saturated heterocycles. The van der Waals surface area contributed by atoms with Crippen molar-refractivity contribution in [3.8, 4) is 33.4 Å². The Balaban J connectivity index is 0.000000422. The predicted octanol–water partition coefficient (Wildman–Crippen LogP) is 12.9. The average molecular weight is 751 g/mol. The van der Waals surface area contributed by atoms with Gasteiger partial charge in [-0.05, 0) is 23.1 Å². The van der Waals surface area contributed by atoms with Gasteiger partial charge in [0.1, 0.15) is 0 Å². The summed E-state index contributed by atoms with van der Waals surface area (Å²) in [5, 5.41) is 0. The molecule has 0 spiro atoms. The number of rotatable bonds is 4. The van der Waals surface area contributed by atoms with Crippen LogP contribution in [0.3, 0.4) is 0 Å². The molecule has 0 amide bonds. The molecule has 0 aromatic heterocycles. The summed E-state index contributed by atoms with van der Waals surface area (Å²) >= 11 is 1.30. The summed E-state index contributed by atoms with van der Waals surface area (Å²) in [7, 11) is 0. The van der Waals surface area contributed by atoms with Gasteiger partial charge < -0.3 is 7.43 Å². The molecular formula is C45H48Cl2Zr-4. The Hall–Kier alpha value is -3.09. The summed E-state index contributed by atoms with van der Waals surface area (Å²) in [6.45, 7) is 8.99. The van der Waals surface area contributed by atoms with E-state index in [0.29, 0.717) is 11.3 Å². The van der Waals surface area contributed by atoms with Gasteiger partial charge in [-0.2, -0.15) is 48.0 Å². The second kappa shape index (κ2) is 21.8. The maximum atomic E-state index is 3.65. The Labute approximate surface area is 318 Å². The van der Waals surface area contributed by atoms with E-state index in [1.54, 1.807) is 0 Å². The van der Waals surface area contributed by atoms with Crippen LogP contribution in [0.25, 0.3) is 33.4 Å². The molecule has 2 aliphatic rings. The van der Waals surface area contributed by atoms with E-state index in [-0.39, 0.29) is 32.2 Å². The zero-order valence-electron chi connectivity index (χ0n) is 28.9. The summed E-state index contributed by atoms with van der Waals surface area (Å²) in [6.07, 6.45) is 11.4. The van der Waals surface area contributed by atoms with Crippen LogP contribution >= 0.6 is 24.8 Å². The molecule has 0 fully saturated rings. The van der Waals surface area contributed by atoms with E-state index in [4.69, 9.17) is 0 Å². The van der Waals surface area contributed by atoms with E-state index >= 15 is 0 Å². The normalized spacial score (nSPS) is 13.0. The molecule has 2 aliphatic carbocycles. The first-order chi connectivity index (χ1) is 21.9. The van der Waals surface area contributed by atoms with Crippen molar-refractivity contribution in [3.05, 3.63) is 176 Å². The van der Waals surface area contributed by atoms with Crippen molar-refractivity contribution < 1.29 is 24.2 Å². The fraction of sp³-hybridized carbons (Fsp3) is 0.200. The zero-order chi connectivity index (χ0) is 32.1. The van der Waals surface area contributed by atoms with Gasteiger partial charge in [-0.3, -0.25) is 6.08 Å². The summed E-state index contributed by atoms with van der Waals surface area (Å²) < 4.78 is 3.34. The Morgan fingerprint density at radius 2 is 1.31 bits per heavy atom. The molecular weight excluding hydrogens is 703 g/mol. The van der Waals surface area contributed by atoms with Crippen LogP contribution in [0.4, 0.5) is 0 Å². The monoisotopic (exact) mass is 748 g/mol. The quantitative estimate of drug-likeness (QED) is 0.157.